The van der Waals surface area contributed by atoms with Crippen molar-refractivity contribution >= 4 is 5.91 Å². The van der Waals surface area contributed by atoms with Crippen molar-refractivity contribution in [1.29, 1.82) is 5.26 Å². The molecule has 1 unspecified atom stereocenters. The van der Waals surface area contributed by atoms with Gasteiger partial charge in [0.05, 0.1) is 12.1 Å². The van der Waals surface area contributed by atoms with Gasteiger partial charge in [0.2, 0.25) is 0 Å². The van der Waals surface area contributed by atoms with Gasteiger partial charge >= 0.3 is 0 Å². The Balaban J connectivity index is 1.98. The summed E-state index contributed by atoms with van der Waals surface area (Å²) in [5.41, 5.74) is 1.85. The van der Waals surface area contributed by atoms with Gasteiger partial charge in [-0.15, -0.1) is 0 Å². The summed E-state index contributed by atoms with van der Waals surface area (Å²) in [6, 6.07) is 9.85. The van der Waals surface area contributed by atoms with Gasteiger partial charge in [-0.1, -0.05) is 17.7 Å². The van der Waals surface area contributed by atoms with Crippen LogP contribution in [0, 0.1) is 18.3 Å². The Hall–Kier alpha value is -1.86. The van der Waals surface area contributed by atoms with E-state index < -0.39 is 0 Å². The molecule has 1 aliphatic rings. The van der Waals surface area contributed by atoms with E-state index in [2.05, 4.69) is 11.0 Å². The number of benzene rings is 1. The molecule has 0 spiro atoms. The lowest BCUT2D eigenvalue weighted by Gasteiger charge is -2.35. The van der Waals surface area contributed by atoms with E-state index in [1.54, 1.807) is 0 Å². The van der Waals surface area contributed by atoms with E-state index in [9.17, 15) is 4.79 Å². The number of amides is 1. The zero-order valence-corrected chi connectivity index (χ0v) is 11.5. The van der Waals surface area contributed by atoms with Crippen LogP contribution in [0.1, 0.15) is 22.8 Å². The molecule has 4 nitrogen and oxygen atoms in total. The standard InChI is InChI=1S/C15H19N3O/c1-12-4-3-5-14(10-12)15(19)18-8-6-17(7-9-18)13(2)11-16/h3-5,10,13H,6-9H2,1-2H3. The van der Waals surface area contributed by atoms with Crippen LogP contribution in [-0.2, 0) is 0 Å². The Bertz CT molecular complexity index is 498. The number of rotatable bonds is 2. The molecule has 0 radical (unpaired) electrons. The number of hydrogen-bond acceptors (Lipinski definition) is 3. The van der Waals surface area contributed by atoms with Crippen LogP contribution in [0.4, 0.5) is 0 Å². The highest BCUT2D eigenvalue weighted by molar-refractivity contribution is 5.94. The second-order valence-corrected chi connectivity index (χ2v) is 5.00. The molecular weight excluding hydrogens is 238 g/mol. The number of aryl methyl sites for hydroxylation is 1. The monoisotopic (exact) mass is 257 g/mol. The Labute approximate surface area is 114 Å². The fourth-order valence-corrected chi connectivity index (χ4v) is 2.35. The van der Waals surface area contributed by atoms with Crippen molar-refractivity contribution in [3.8, 4) is 6.07 Å². The molecule has 0 aliphatic carbocycles. The molecule has 0 saturated carbocycles. The van der Waals surface area contributed by atoms with E-state index >= 15 is 0 Å². The highest BCUT2D eigenvalue weighted by atomic mass is 16.2. The van der Waals surface area contributed by atoms with Crippen molar-refractivity contribution in [2.45, 2.75) is 19.9 Å². The molecule has 0 bridgehead atoms. The lowest BCUT2D eigenvalue weighted by Crippen LogP contribution is -2.51. The van der Waals surface area contributed by atoms with Crippen LogP contribution in [0.25, 0.3) is 0 Å². The van der Waals surface area contributed by atoms with E-state index in [0.717, 1.165) is 24.2 Å². The minimum Gasteiger partial charge on any atom is -0.336 e. The maximum atomic E-state index is 12.3. The maximum Gasteiger partial charge on any atom is 0.253 e. The van der Waals surface area contributed by atoms with Crippen molar-refractivity contribution < 1.29 is 4.79 Å². The Morgan fingerprint density at radius 2 is 2.00 bits per heavy atom. The van der Waals surface area contributed by atoms with Gasteiger partial charge in [0.25, 0.3) is 5.91 Å². The van der Waals surface area contributed by atoms with Crippen LogP contribution < -0.4 is 0 Å². The Morgan fingerprint density at radius 1 is 1.32 bits per heavy atom. The molecular formula is C15H19N3O. The van der Waals surface area contributed by atoms with Gasteiger partial charge < -0.3 is 4.90 Å². The number of nitrogens with zero attached hydrogens (tertiary/aromatic N) is 3. The first-order valence-electron chi connectivity index (χ1n) is 6.61. The molecule has 1 saturated heterocycles. The third-order valence-electron chi connectivity index (χ3n) is 3.60. The Morgan fingerprint density at radius 3 is 2.58 bits per heavy atom. The summed E-state index contributed by atoms with van der Waals surface area (Å²) in [6.45, 7) is 6.82. The average molecular weight is 257 g/mol. The summed E-state index contributed by atoms with van der Waals surface area (Å²) in [7, 11) is 0. The van der Waals surface area contributed by atoms with E-state index in [-0.39, 0.29) is 11.9 Å². The number of nitriles is 1. The minimum atomic E-state index is -0.0729. The second kappa shape index (κ2) is 5.85. The first-order chi connectivity index (χ1) is 9.11. The van der Waals surface area contributed by atoms with Crippen molar-refractivity contribution in [3.05, 3.63) is 35.4 Å². The first kappa shape index (κ1) is 13.6. The van der Waals surface area contributed by atoms with Crippen LogP contribution in [0.15, 0.2) is 24.3 Å². The lowest BCUT2D eigenvalue weighted by molar-refractivity contribution is 0.0615. The van der Waals surface area contributed by atoms with Gasteiger partial charge in [0.15, 0.2) is 0 Å². The smallest absolute Gasteiger partial charge is 0.253 e. The highest BCUT2D eigenvalue weighted by Crippen LogP contribution is 2.11. The van der Waals surface area contributed by atoms with Gasteiger partial charge in [0.1, 0.15) is 0 Å². The minimum absolute atomic E-state index is 0.0729. The topological polar surface area (TPSA) is 47.3 Å². The van der Waals surface area contributed by atoms with Crippen LogP contribution in [0.3, 0.4) is 0 Å². The maximum absolute atomic E-state index is 12.3. The molecule has 1 aromatic rings. The summed E-state index contributed by atoms with van der Waals surface area (Å²) >= 11 is 0. The molecule has 1 amide bonds. The zero-order valence-electron chi connectivity index (χ0n) is 11.5. The first-order valence-corrected chi connectivity index (χ1v) is 6.61. The van der Waals surface area contributed by atoms with Crippen LogP contribution in [-0.4, -0.2) is 47.9 Å². The van der Waals surface area contributed by atoms with Crippen LogP contribution >= 0.6 is 0 Å². The quantitative estimate of drug-likeness (QED) is 0.809. The SMILES string of the molecule is Cc1cccc(C(=O)N2CCN(C(C)C#N)CC2)c1. The third-order valence-corrected chi connectivity index (χ3v) is 3.60. The molecule has 2 rings (SSSR count). The summed E-state index contributed by atoms with van der Waals surface area (Å²) in [4.78, 5) is 16.3. The van der Waals surface area contributed by atoms with Gasteiger partial charge in [-0.2, -0.15) is 5.26 Å². The lowest BCUT2D eigenvalue weighted by atomic mass is 10.1. The van der Waals surface area contributed by atoms with Gasteiger partial charge in [-0.3, -0.25) is 9.69 Å². The number of piperazine rings is 1. The summed E-state index contributed by atoms with van der Waals surface area (Å²) in [5.74, 6) is 0.0907. The Kier molecular flexibility index (Phi) is 4.18. The van der Waals surface area contributed by atoms with E-state index in [0.29, 0.717) is 13.1 Å². The zero-order chi connectivity index (χ0) is 13.8. The highest BCUT2D eigenvalue weighted by Gasteiger charge is 2.24. The average Bonchev–Trinajstić information content (AvgIpc) is 2.46. The number of hydrogen-bond donors (Lipinski definition) is 0. The molecule has 100 valence electrons. The molecule has 0 N–H and O–H groups in total. The van der Waals surface area contributed by atoms with E-state index in [4.69, 9.17) is 5.26 Å². The fraction of sp³-hybridized carbons (Fsp3) is 0.467. The molecule has 1 aromatic carbocycles. The van der Waals surface area contributed by atoms with Crippen molar-refractivity contribution in [3.63, 3.8) is 0 Å². The predicted molar refractivity (Wildman–Crippen MR) is 73.7 cm³/mol. The summed E-state index contributed by atoms with van der Waals surface area (Å²) < 4.78 is 0. The fourth-order valence-electron chi connectivity index (χ4n) is 2.35. The van der Waals surface area contributed by atoms with Crippen molar-refractivity contribution in [1.82, 2.24) is 9.80 Å². The molecule has 1 aliphatic heterocycles. The second-order valence-electron chi connectivity index (χ2n) is 5.00. The predicted octanol–water partition coefficient (Wildman–Crippen LogP) is 1.66. The normalized spacial score (nSPS) is 17.8. The van der Waals surface area contributed by atoms with Crippen LogP contribution in [0.2, 0.25) is 0 Å². The van der Waals surface area contributed by atoms with Gasteiger partial charge in [-0.25, -0.2) is 0 Å². The van der Waals surface area contributed by atoms with E-state index in [1.165, 1.54) is 0 Å². The molecule has 1 heterocycles. The molecule has 4 heteroatoms. The molecule has 19 heavy (non-hydrogen) atoms. The molecule has 1 fully saturated rings. The molecule has 1 atom stereocenters. The number of carbonyl (C=O) groups excluding carboxylic acids is 1. The van der Waals surface area contributed by atoms with Crippen LogP contribution in [0.5, 0.6) is 0 Å². The number of carbonyl (C=O) groups is 1. The van der Waals surface area contributed by atoms with Gasteiger partial charge in [-0.05, 0) is 26.0 Å². The largest absolute Gasteiger partial charge is 0.336 e. The van der Waals surface area contributed by atoms with Crippen molar-refractivity contribution in [2.75, 3.05) is 26.2 Å². The summed E-state index contributed by atoms with van der Waals surface area (Å²) in [6.07, 6.45) is 0. The third kappa shape index (κ3) is 3.12. The van der Waals surface area contributed by atoms with E-state index in [1.807, 2.05) is 43.0 Å². The molecule has 0 aromatic heterocycles. The summed E-state index contributed by atoms with van der Waals surface area (Å²) in [5, 5.41) is 8.90. The van der Waals surface area contributed by atoms with Gasteiger partial charge in [0, 0.05) is 31.7 Å². The van der Waals surface area contributed by atoms with Crippen molar-refractivity contribution in [2.24, 2.45) is 0 Å².